The highest BCUT2D eigenvalue weighted by atomic mass is 35.5. The zero-order chi connectivity index (χ0) is 38.7. The van der Waals surface area contributed by atoms with Crippen LogP contribution in [-0.4, -0.2) is 114 Å². The highest BCUT2D eigenvalue weighted by Gasteiger charge is 2.46. The summed E-state index contributed by atoms with van der Waals surface area (Å²) in [5, 5.41) is 12.1. The van der Waals surface area contributed by atoms with Crippen molar-refractivity contribution in [3.05, 3.63) is 76.1 Å². The Hall–Kier alpha value is -5.26. The number of carbonyl (C=O) groups is 4. The van der Waals surface area contributed by atoms with Gasteiger partial charge in [0.15, 0.2) is 11.6 Å². The largest absolute Gasteiger partial charge is 0.488 e. The fraction of sp³-hybridized carbons (Fsp3) is 0.488. The number of hydrogen-bond acceptors (Lipinski definition) is 11. The number of ether oxygens (including phenoxy) is 1. The maximum absolute atomic E-state index is 13.2. The van der Waals surface area contributed by atoms with Gasteiger partial charge in [0, 0.05) is 75.0 Å². The Balaban J connectivity index is 0.726. The number of rotatable bonds is 7. The molecule has 15 heteroatoms. The highest BCUT2D eigenvalue weighted by Crippen LogP contribution is 2.46. The molecule has 0 bridgehead atoms. The van der Waals surface area contributed by atoms with Crippen LogP contribution in [0.4, 0.5) is 23.0 Å². The van der Waals surface area contributed by atoms with Gasteiger partial charge in [-0.1, -0.05) is 17.7 Å². The molecule has 1 N–H and O–H groups in total. The molecule has 0 saturated carbocycles. The number of amides is 4. The van der Waals surface area contributed by atoms with Gasteiger partial charge in [-0.25, -0.2) is 4.85 Å². The molecule has 5 saturated heterocycles. The highest BCUT2D eigenvalue weighted by molar-refractivity contribution is 6.33. The quantitative estimate of drug-likeness (QED) is 0.264. The predicted octanol–water partition coefficient (Wildman–Crippen LogP) is 4.70. The van der Waals surface area contributed by atoms with Crippen LogP contribution >= 0.6 is 11.6 Å². The summed E-state index contributed by atoms with van der Waals surface area (Å²) < 4.78 is 6.22. The molecule has 290 valence electrons. The number of nitrogens with one attached hydrogen (secondary N) is 1. The number of halogens is 1. The molecule has 6 aliphatic rings. The van der Waals surface area contributed by atoms with Crippen molar-refractivity contribution >= 4 is 58.2 Å². The van der Waals surface area contributed by atoms with E-state index in [0.717, 1.165) is 100 Å². The molecule has 0 aliphatic carbocycles. The van der Waals surface area contributed by atoms with Gasteiger partial charge in [0.1, 0.15) is 17.9 Å². The number of nitrogens with zero attached hydrogens (tertiary/aromatic N) is 8. The Morgan fingerprint density at radius 2 is 1.57 bits per heavy atom. The Morgan fingerprint density at radius 3 is 2.23 bits per heavy atom. The molecule has 1 unspecified atom stereocenters. The molecule has 2 atom stereocenters. The first-order chi connectivity index (χ1) is 27.1. The van der Waals surface area contributed by atoms with Gasteiger partial charge >= 0.3 is 0 Å². The molecule has 6 aliphatic heterocycles. The van der Waals surface area contributed by atoms with Crippen LogP contribution in [0, 0.1) is 12.0 Å². The second-order valence-corrected chi connectivity index (χ2v) is 16.6. The first-order valence-corrected chi connectivity index (χ1v) is 20.0. The molecule has 3 aromatic rings. The fourth-order valence-electron chi connectivity index (χ4n) is 9.68. The first kappa shape index (κ1) is 36.4. The SMILES string of the molecule is [C-]#[N+]c1ccc(N2CC3(CCN(c4ccc(N5CCC(N6CC(Oc7ccc8c(c7)C(=O)N(C7CCC(=O)NC7=O)C8=O)C6)CC5)nn4)CC3)C[C@@H]2C)cc1Cl. The van der Waals surface area contributed by atoms with Crippen molar-refractivity contribution in [2.75, 3.05) is 60.5 Å². The number of benzene rings is 2. The normalized spacial score (nSPS) is 24.4. The van der Waals surface area contributed by atoms with E-state index in [1.54, 1.807) is 18.2 Å². The van der Waals surface area contributed by atoms with Crippen LogP contribution in [0.3, 0.4) is 0 Å². The minimum atomic E-state index is -0.991. The van der Waals surface area contributed by atoms with E-state index in [1.165, 1.54) is 0 Å². The lowest BCUT2D eigenvalue weighted by atomic mass is 9.77. The van der Waals surface area contributed by atoms with Gasteiger partial charge in [-0.15, -0.1) is 10.2 Å². The smallest absolute Gasteiger partial charge is 0.262 e. The monoisotopic (exact) mass is 777 g/mol. The van der Waals surface area contributed by atoms with Crippen LogP contribution in [0.1, 0.15) is 72.6 Å². The third-order valence-corrected chi connectivity index (χ3v) is 13.1. The summed E-state index contributed by atoms with van der Waals surface area (Å²) in [5.41, 5.74) is 2.32. The maximum Gasteiger partial charge on any atom is 0.262 e. The summed E-state index contributed by atoms with van der Waals surface area (Å²) in [4.78, 5) is 64.2. The Labute approximate surface area is 330 Å². The van der Waals surface area contributed by atoms with Gasteiger partial charge in [0.2, 0.25) is 17.5 Å². The van der Waals surface area contributed by atoms with Gasteiger partial charge in [-0.2, -0.15) is 0 Å². The molecule has 2 aromatic carbocycles. The third-order valence-electron chi connectivity index (χ3n) is 12.8. The van der Waals surface area contributed by atoms with Gasteiger partial charge in [-0.3, -0.25) is 34.3 Å². The zero-order valence-corrected chi connectivity index (χ0v) is 32.1. The van der Waals surface area contributed by atoms with Gasteiger partial charge < -0.3 is 19.4 Å². The molecule has 14 nitrogen and oxygen atoms in total. The predicted molar refractivity (Wildman–Crippen MR) is 209 cm³/mol. The van der Waals surface area contributed by atoms with Crippen molar-refractivity contribution < 1.29 is 23.9 Å². The van der Waals surface area contributed by atoms with E-state index in [2.05, 4.69) is 59.0 Å². The van der Waals surface area contributed by atoms with Crippen molar-refractivity contribution in [1.82, 2.24) is 25.3 Å². The molecule has 1 spiro atoms. The number of likely N-dealkylation sites (tertiary alicyclic amines) is 1. The van der Waals surface area contributed by atoms with Gasteiger partial charge in [-0.05, 0) is 93.3 Å². The molecule has 1 aromatic heterocycles. The van der Waals surface area contributed by atoms with E-state index in [1.807, 2.05) is 18.2 Å². The van der Waals surface area contributed by atoms with Crippen LogP contribution in [-0.2, 0) is 9.59 Å². The van der Waals surface area contributed by atoms with Crippen molar-refractivity contribution in [3.63, 3.8) is 0 Å². The number of piperidine rings is 3. The summed E-state index contributed by atoms with van der Waals surface area (Å²) in [5.74, 6) is 0.280. The molecule has 7 heterocycles. The topological polar surface area (TPSA) is 136 Å². The van der Waals surface area contributed by atoms with E-state index < -0.39 is 29.7 Å². The lowest BCUT2D eigenvalue weighted by molar-refractivity contribution is -0.136. The number of imide groups is 2. The van der Waals surface area contributed by atoms with E-state index >= 15 is 0 Å². The number of carbonyl (C=O) groups excluding carboxylic acids is 4. The molecular formula is C41H44ClN9O5. The summed E-state index contributed by atoms with van der Waals surface area (Å²) in [6, 6.07) is 14.8. The zero-order valence-electron chi connectivity index (χ0n) is 31.3. The third kappa shape index (κ3) is 6.60. The molecule has 9 rings (SSSR count). The minimum absolute atomic E-state index is 0.0221. The van der Waals surface area contributed by atoms with Crippen LogP contribution in [0.2, 0.25) is 5.02 Å². The Kier molecular flexibility index (Phi) is 9.32. The van der Waals surface area contributed by atoms with Crippen molar-refractivity contribution in [2.24, 2.45) is 5.41 Å². The summed E-state index contributed by atoms with van der Waals surface area (Å²) in [7, 11) is 0. The van der Waals surface area contributed by atoms with Crippen molar-refractivity contribution in [3.8, 4) is 5.75 Å². The van der Waals surface area contributed by atoms with Crippen molar-refractivity contribution in [1.29, 1.82) is 0 Å². The van der Waals surface area contributed by atoms with Crippen molar-refractivity contribution in [2.45, 2.75) is 76.1 Å². The van der Waals surface area contributed by atoms with E-state index in [-0.39, 0.29) is 35.5 Å². The lowest BCUT2D eigenvalue weighted by Crippen LogP contribution is -2.59. The Morgan fingerprint density at radius 1 is 0.875 bits per heavy atom. The molecule has 56 heavy (non-hydrogen) atoms. The molecule has 4 amide bonds. The van der Waals surface area contributed by atoms with Gasteiger partial charge in [0.25, 0.3) is 11.8 Å². The number of aromatic nitrogens is 2. The molecule has 5 fully saturated rings. The maximum atomic E-state index is 13.2. The van der Waals surface area contributed by atoms with Crippen LogP contribution in [0.25, 0.3) is 4.85 Å². The minimum Gasteiger partial charge on any atom is -0.488 e. The lowest BCUT2D eigenvalue weighted by Gasteiger charge is -2.46. The number of hydrogen-bond donors (Lipinski definition) is 1. The summed E-state index contributed by atoms with van der Waals surface area (Å²) in [6.07, 6.45) is 5.55. The molecular weight excluding hydrogens is 734 g/mol. The second kappa shape index (κ2) is 14.4. The Bertz CT molecular complexity index is 2120. The molecule has 0 radical (unpaired) electrons. The van der Waals surface area contributed by atoms with E-state index in [9.17, 15) is 19.2 Å². The van der Waals surface area contributed by atoms with Gasteiger partial charge in [0.05, 0.1) is 17.7 Å². The van der Waals surface area contributed by atoms with Crippen LogP contribution in [0.5, 0.6) is 5.75 Å². The second-order valence-electron chi connectivity index (χ2n) is 16.2. The summed E-state index contributed by atoms with van der Waals surface area (Å²) >= 11 is 6.38. The average molecular weight is 778 g/mol. The number of anilines is 3. The van der Waals surface area contributed by atoms with E-state index in [4.69, 9.17) is 22.9 Å². The number of fused-ring (bicyclic) bond motifs is 1. The average Bonchev–Trinajstić information content (AvgIpc) is 3.64. The van der Waals surface area contributed by atoms with Crippen LogP contribution in [0.15, 0.2) is 48.5 Å². The fourth-order valence-corrected chi connectivity index (χ4v) is 9.89. The standard InChI is InChI=1S/C41H44ClN9O5/c1-25-21-41(24-50(25)27-3-6-33(43-2)32(42)19-27)13-17-48(18-14-41)36-9-8-35(45-46-36)47-15-11-26(12-16-47)49-22-29(23-49)56-28-4-5-30-31(20-28)40(55)51(39(30)54)34-7-10-37(52)44-38(34)53/h3-6,8-9,19-20,25-26,29,34H,7,10-18,21-24H2,1H3,(H,44,52,53)/t25-,34?/m0/s1. The van der Waals surface area contributed by atoms with Crippen LogP contribution < -0.4 is 24.8 Å². The first-order valence-electron chi connectivity index (χ1n) is 19.6. The van der Waals surface area contributed by atoms with E-state index in [0.29, 0.717) is 28.5 Å². The summed E-state index contributed by atoms with van der Waals surface area (Å²) in [6.45, 7) is 15.9.